The van der Waals surface area contributed by atoms with Crippen molar-refractivity contribution in [3.63, 3.8) is 0 Å². The monoisotopic (exact) mass is 299 g/mol. The van der Waals surface area contributed by atoms with Crippen LogP contribution in [0.3, 0.4) is 0 Å². The molecule has 0 aliphatic rings. The molecule has 0 unspecified atom stereocenters. The lowest BCUT2D eigenvalue weighted by Gasteiger charge is -2.10. The number of carbonyl (C=O) groups is 1. The molecule has 1 aromatic heterocycles. The molecule has 22 heavy (non-hydrogen) atoms. The first-order valence-corrected chi connectivity index (χ1v) is 7.35. The molecular weight excluding hydrogens is 278 g/mol. The predicted octanol–water partition coefficient (Wildman–Crippen LogP) is 3.51. The van der Waals surface area contributed by atoms with Gasteiger partial charge in [-0.05, 0) is 44.5 Å². The van der Waals surface area contributed by atoms with E-state index in [1.54, 1.807) is 23.0 Å². The van der Waals surface area contributed by atoms with E-state index in [1.165, 1.54) is 6.08 Å². The summed E-state index contributed by atoms with van der Waals surface area (Å²) in [6, 6.07) is 9.56. The van der Waals surface area contributed by atoms with Crippen LogP contribution < -0.4 is 10.1 Å². The number of nitrogens with one attached hydrogen (secondary N) is 1. The highest BCUT2D eigenvalue weighted by Gasteiger charge is 2.07. The van der Waals surface area contributed by atoms with Crippen molar-refractivity contribution in [3.05, 3.63) is 48.2 Å². The predicted molar refractivity (Wildman–Crippen MR) is 87.9 cm³/mol. The summed E-state index contributed by atoms with van der Waals surface area (Å²) in [5.41, 5.74) is 0.941. The van der Waals surface area contributed by atoms with Gasteiger partial charge >= 0.3 is 0 Å². The first-order chi connectivity index (χ1) is 10.6. The van der Waals surface area contributed by atoms with Gasteiger partial charge in [0.15, 0.2) is 0 Å². The molecule has 2 rings (SSSR count). The van der Waals surface area contributed by atoms with E-state index in [9.17, 15) is 4.79 Å². The van der Waals surface area contributed by atoms with Gasteiger partial charge in [-0.15, -0.1) is 0 Å². The molecule has 0 fully saturated rings. The summed E-state index contributed by atoms with van der Waals surface area (Å²) >= 11 is 0. The Labute approximate surface area is 130 Å². The average Bonchev–Trinajstić information content (AvgIpc) is 2.95. The molecule has 0 aliphatic heterocycles. The van der Waals surface area contributed by atoms with E-state index >= 15 is 0 Å². The molecule has 5 heteroatoms. The van der Waals surface area contributed by atoms with Crippen LogP contribution in [0.25, 0.3) is 6.08 Å². The molecule has 0 spiro atoms. The minimum Gasteiger partial charge on any atom is -0.494 e. The third kappa shape index (κ3) is 4.22. The lowest BCUT2D eigenvalue weighted by molar-refractivity contribution is -0.111. The lowest BCUT2D eigenvalue weighted by Crippen LogP contribution is -2.14. The van der Waals surface area contributed by atoms with Crippen molar-refractivity contribution in [1.29, 1.82) is 0 Å². The highest BCUT2D eigenvalue weighted by Crippen LogP contribution is 2.14. The van der Waals surface area contributed by atoms with Gasteiger partial charge in [0.1, 0.15) is 11.6 Å². The highest BCUT2D eigenvalue weighted by molar-refractivity contribution is 6.01. The van der Waals surface area contributed by atoms with E-state index in [0.29, 0.717) is 12.4 Å². The zero-order valence-corrected chi connectivity index (χ0v) is 13.1. The molecule has 1 N–H and O–H groups in total. The van der Waals surface area contributed by atoms with Gasteiger partial charge in [0.25, 0.3) is 0 Å². The van der Waals surface area contributed by atoms with Crippen LogP contribution in [0.5, 0.6) is 5.75 Å². The number of aromatic nitrogens is 2. The van der Waals surface area contributed by atoms with E-state index in [2.05, 4.69) is 10.4 Å². The van der Waals surface area contributed by atoms with Crippen LogP contribution in [0.4, 0.5) is 5.82 Å². The third-order valence-electron chi connectivity index (χ3n) is 3.03. The Morgan fingerprint density at radius 2 is 2.05 bits per heavy atom. The summed E-state index contributed by atoms with van der Waals surface area (Å²) in [4.78, 5) is 12.0. The number of hydrogen-bond donors (Lipinski definition) is 1. The molecule has 116 valence electrons. The van der Waals surface area contributed by atoms with Crippen LogP contribution in [0, 0.1) is 0 Å². The van der Waals surface area contributed by atoms with E-state index in [-0.39, 0.29) is 11.9 Å². The summed E-state index contributed by atoms with van der Waals surface area (Å²) in [5.74, 6) is 1.33. The normalized spacial score (nSPS) is 11.1. The number of amides is 1. The Bertz CT molecular complexity index is 642. The largest absolute Gasteiger partial charge is 0.494 e. The zero-order valence-electron chi connectivity index (χ0n) is 13.1. The van der Waals surface area contributed by atoms with Gasteiger partial charge in [-0.1, -0.05) is 12.1 Å². The SMILES string of the molecule is CCOc1ccc(C=CC(=O)Nc2ccnn2C(C)C)cc1. The van der Waals surface area contributed by atoms with Crippen molar-refractivity contribution in [2.24, 2.45) is 0 Å². The Morgan fingerprint density at radius 3 is 2.68 bits per heavy atom. The van der Waals surface area contributed by atoms with Crippen LogP contribution >= 0.6 is 0 Å². The summed E-state index contributed by atoms with van der Waals surface area (Å²) in [5, 5.41) is 7.00. The van der Waals surface area contributed by atoms with Crippen molar-refractivity contribution < 1.29 is 9.53 Å². The fraction of sp³-hybridized carbons (Fsp3) is 0.294. The maximum absolute atomic E-state index is 12.0. The van der Waals surface area contributed by atoms with Gasteiger partial charge in [-0.2, -0.15) is 5.10 Å². The molecule has 0 atom stereocenters. The Balaban J connectivity index is 1.97. The van der Waals surface area contributed by atoms with Gasteiger partial charge in [-0.3, -0.25) is 4.79 Å². The minimum atomic E-state index is -0.184. The van der Waals surface area contributed by atoms with Gasteiger partial charge in [0.2, 0.25) is 5.91 Å². The van der Waals surface area contributed by atoms with Crippen LogP contribution in [-0.2, 0) is 4.79 Å². The second kappa shape index (κ2) is 7.45. The topological polar surface area (TPSA) is 56.1 Å². The van der Waals surface area contributed by atoms with Crippen molar-refractivity contribution in [3.8, 4) is 5.75 Å². The van der Waals surface area contributed by atoms with Crippen molar-refractivity contribution in [2.45, 2.75) is 26.8 Å². The molecule has 0 radical (unpaired) electrons. The summed E-state index contributed by atoms with van der Waals surface area (Å²) in [6.07, 6.45) is 4.94. The van der Waals surface area contributed by atoms with E-state index < -0.39 is 0 Å². The first kappa shape index (κ1) is 15.8. The molecule has 1 aromatic carbocycles. The number of benzene rings is 1. The quantitative estimate of drug-likeness (QED) is 0.830. The van der Waals surface area contributed by atoms with Crippen molar-refractivity contribution >= 4 is 17.8 Å². The maximum Gasteiger partial charge on any atom is 0.249 e. The van der Waals surface area contributed by atoms with E-state index in [4.69, 9.17) is 4.74 Å². The minimum absolute atomic E-state index is 0.184. The molecule has 0 aliphatic carbocycles. The fourth-order valence-corrected chi connectivity index (χ4v) is 2.01. The summed E-state index contributed by atoms with van der Waals surface area (Å²) < 4.78 is 7.15. The Morgan fingerprint density at radius 1 is 1.32 bits per heavy atom. The van der Waals surface area contributed by atoms with Crippen LogP contribution in [-0.4, -0.2) is 22.3 Å². The number of rotatable bonds is 6. The van der Waals surface area contributed by atoms with Gasteiger partial charge in [0, 0.05) is 18.2 Å². The molecule has 2 aromatic rings. The molecule has 5 nitrogen and oxygen atoms in total. The molecule has 0 bridgehead atoms. The van der Waals surface area contributed by atoms with Gasteiger partial charge in [-0.25, -0.2) is 4.68 Å². The summed E-state index contributed by atoms with van der Waals surface area (Å²) in [7, 11) is 0. The van der Waals surface area contributed by atoms with Gasteiger partial charge in [0.05, 0.1) is 12.8 Å². The van der Waals surface area contributed by atoms with E-state index in [0.717, 1.165) is 11.3 Å². The van der Waals surface area contributed by atoms with Crippen LogP contribution in [0.15, 0.2) is 42.6 Å². The number of carbonyl (C=O) groups excluding carboxylic acids is 1. The molecule has 1 amide bonds. The maximum atomic E-state index is 12.0. The molecular formula is C17H21N3O2. The van der Waals surface area contributed by atoms with Crippen molar-refractivity contribution in [2.75, 3.05) is 11.9 Å². The smallest absolute Gasteiger partial charge is 0.249 e. The number of anilines is 1. The van der Waals surface area contributed by atoms with Crippen LogP contribution in [0.2, 0.25) is 0 Å². The number of hydrogen-bond acceptors (Lipinski definition) is 3. The third-order valence-corrected chi connectivity index (χ3v) is 3.03. The zero-order chi connectivity index (χ0) is 15.9. The molecule has 0 saturated heterocycles. The van der Waals surface area contributed by atoms with Gasteiger partial charge < -0.3 is 10.1 Å². The molecule has 1 heterocycles. The van der Waals surface area contributed by atoms with Crippen molar-refractivity contribution in [1.82, 2.24) is 9.78 Å². The first-order valence-electron chi connectivity index (χ1n) is 7.35. The fourth-order valence-electron chi connectivity index (χ4n) is 2.01. The number of nitrogens with zero attached hydrogens (tertiary/aromatic N) is 2. The highest BCUT2D eigenvalue weighted by atomic mass is 16.5. The average molecular weight is 299 g/mol. The second-order valence-electron chi connectivity index (χ2n) is 5.08. The number of ether oxygens (including phenoxy) is 1. The lowest BCUT2D eigenvalue weighted by atomic mass is 10.2. The van der Waals surface area contributed by atoms with E-state index in [1.807, 2.05) is 45.0 Å². The Kier molecular flexibility index (Phi) is 5.36. The molecule has 0 saturated carbocycles. The second-order valence-corrected chi connectivity index (χ2v) is 5.08. The van der Waals surface area contributed by atoms with Crippen LogP contribution in [0.1, 0.15) is 32.4 Å². The summed E-state index contributed by atoms with van der Waals surface area (Å²) in [6.45, 7) is 6.61. The standard InChI is InChI=1S/C17H21N3O2/c1-4-22-15-8-5-14(6-9-15)7-10-17(21)19-16-11-12-18-20(16)13(2)3/h5-13H,4H2,1-3H3,(H,19,21). The Hall–Kier alpha value is -2.56.